The molecule has 0 bridgehead atoms. The molecule has 1 saturated heterocycles. The average Bonchev–Trinajstić information content (AvgIpc) is 2.89. The van der Waals surface area contributed by atoms with Gasteiger partial charge in [0.05, 0.1) is 0 Å². The number of amides is 1. The zero-order valence-electron chi connectivity index (χ0n) is 11.9. The van der Waals surface area contributed by atoms with Crippen LogP contribution in [0.15, 0.2) is 18.5 Å². The molecule has 1 amide bonds. The Morgan fingerprint density at radius 2 is 2.42 bits per heavy atom. The summed E-state index contributed by atoms with van der Waals surface area (Å²) < 4.78 is 1.69. The van der Waals surface area contributed by atoms with Gasteiger partial charge in [-0.3, -0.25) is 9.48 Å². The quantitative estimate of drug-likeness (QED) is 0.867. The highest BCUT2D eigenvalue weighted by Gasteiger charge is 2.22. The van der Waals surface area contributed by atoms with Gasteiger partial charge in [-0.05, 0) is 51.8 Å². The van der Waals surface area contributed by atoms with E-state index in [0.717, 1.165) is 19.6 Å². The van der Waals surface area contributed by atoms with Gasteiger partial charge in [0, 0.05) is 25.0 Å². The Labute approximate surface area is 115 Å². The summed E-state index contributed by atoms with van der Waals surface area (Å²) >= 11 is 0. The molecule has 0 aromatic carbocycles. The molecular formula is C14H24N4O. The highest BCUT2D eigenvalue weighted by Crippen LogP contribution is 2.14. The largest absolute Gasteiger partial charge is 0.338 e. The van der Waals surface area contributed by atoms with E-state index >= 15 is 0 Å². The van der Waals surface area contributed by atoms with E-state index in [4.69, 9.17) is 0 Å². The molecule has 0 saturated carbocycles. The van der Waals surface area contributed by atoms with Crippen molar-refractivity contribution in [2.75, 3.05) is 19.6 Å². The minimum atomic E-state index is 0.157. The first-order valence-electron chi connectivity index (χ1n) is 7.14. The number of carbonyl (C=O) groups excluding carboxylic acids is 1. The molecule has 1 aliphatic heterocycles. The van der Waals surface area contributed by atoms with Gasteiger partial charge in [-0.25, -0.2) is 0 Å². The molecule has 1 aromatic heterocycles. The SMILES string of the molecule is CC(C)N(CC1CCCNC1)C(=O)Cn1cccn1. The molecule has 0 aliphatic carbocycles. The summed E-state index contributed by atoms with van der Waals surface area (Å²) in [6.45, 7) is 7.49. The molecule has 2 heterocycles. The average molecular weight is 264 g/mol. The fraction of sp³-hybridized carbons (Fsp3) is 0.714. The van der Waals surface area contributed by atoms with E-state index in [9.17, 15) is 4.79 Å². The molecule has 1 unspecified atom stereocenters. The van der Waals surface area contributed by atoms with E-state index in [1.807, 2.05) is 17.2 Å². The lowest BCUT2D eigenvalue weighted by Gasteiger charge is -2.33. The maximum Gasteiger partial charge on any atom is 0.244 e. The van der Waals surface area contributed by atoms with E-state index in [0.29, 0.717) is 12.5 Å². The van der Waals surface area contributed by atoms with Gasteiger partial charge in [0.15, 0.2) is 0 Å². The lowest BCUT2D eigenvalue weighted by atomic mass is 9.98. The number of piperidine rings is 1. The summed E-state index contributed by atoms with van der Waals surface area (Å²) in [7, 11) is 0. The van der Waals surface area contributed by atoms with Crippen molar-refractivity contribution in [2.45, 2.75) is 39.3 Å². The van der Waals surface area contributed by atoms with Crippen molar-refractivity contribution in [1.29, 1.82) is 0 Å². The van der Waals surface area contributed by atoms with Crippen molar-refractivity contribution < 1.29 is 4.79 Å². The molecule has 106 valence electrons. The van der Waals surface area contributed by atoms with Crippen LogP contribution in [0.25, 0.3) is 0 Å². The second kappa shape index (κ2) is 6.70. The minimum absolute atomic E-state index is 0.157. The zero-order chi connectivity index (χ0) is 13.7. The number of rotatable bonds is 5. The fourth-order valence-corrected chi connectivity index (χ4v) is 2.58. The van der Waals surface area contributed by atoms with Gasteiger partial charge < -0.3 is 10.2 Å². The van der Waals surface area contributed by atoms with Gasteiger partial charge in [-0.15, -0.1) is 0 Å². The van der Waals surface area contributed by atoms with E-state index in [-0.39, 0.29) is 11.9 Å². The zero-order valence-corrected chi connectivity index (χ0v) is 11.9. The molecule has 5 heteroatoms. The maximum atomic E-state index is 12.4. The van der Waals surface area contributed by atoms with Crippen molar-refractivity contribution in [1.82, 2.24) is 20.0 Å². The number of aromatic nitrogens is 2. The van der Waals surface area contributed by atoms with Gasteiger partial charge in [0.25, 0.3) is 0 Å². The third-order valence-electron chi connectivity index (χ3n) is 3.65. The van der Waals surface area contributed by atoms with Crippen LogP contribution in [0.2, 0.25) is 0 Å². The smallest absolute Gasteiger partial charge is 0.244 e. The molecule has 1 N–H and O–H groups in total. The number of hydrogen-bond donors (Lipinski definition) is 1. The van der Waals surface area contributed by atoms with E-state index in [1.54, 1.807) is 10.9 Å². The second-order valence-electron chi connectivity index (χ2n) is 5.56. The van der Waals surface area contributed by atoms with Crippen LogP contribution in [0.5, 0.6) is 0 Å². The van der Waals surface area contributed by atoms with Crippen molar-refractivity contribution in [3.05, 3.63) is 18.5 Å². The molecule has 5 nitrogen and oxygen atoms in total. The van der Waals surface area contributed by atoms with Crippen LogP contribution < -0.4 is 5.32 Å². The van der Waals surface area contributed by atoms with Crippen LogP contribution in [-0.2, 0) is 11.3 Å². The van der Waals surface area contributed by atoms with Crippen molar-refractivity contribution in [2.24, 2.45) is 5.92 Å². The number of carbonyl (C=O) groups is 1. The molecule has 1 aliphatic rings. The third kappa shape index (κ3) is 4.06. The predicted octanol–water partition coefficient (Wildman–Crippen LogP) is 1.12. The molecule has 2 rings (SSSR count). The summed E-state index contributed by atoms with van der Waals surface area (Å²) in [6, 6.07) is 2.09. The van der Waals surface area contributed by atoms with Crippen molar-refractivity contribution in [3.8, 4) is 0 Å². The summed E-state index contributed by atoms with van der Waals surface area (Å²) in [5.74, 6) is 0.738. The number of nitrogens with one attached hydrogen (secondary N) is 1. The Hall–Kier alpha value is -1.36. The van der Waals surface area contributed by atoms with Crippen LogP contribution in [0.3, 0.4) is 0 Å². The van der Waals surface area contributed by atoms with Crippen molar-refractivity contribution in [3.63, 3.8) is 0 Å². The molecule has 19 heavy (non-hydrogen) atoms. The molecular weight excluding hydrogens is 240 g/mol. The summed E-state index contributed by atoms with van der Waals surface area (Å²) in [6.07, 6.45) is 5.96. The first-order chi connectivity index (χ1) is 9.16. The summed E-state index contributed by atoms with van der Waals surface area (Å²) in [5.41, 5.74) is 0. The van der Waals surface area contributed by atoms with Gasteiger partial charge in [0.2, 0.25) is 5.91 Å². The Bertz CT molecular complexity index is 382. The van der Waals surface area contributed by atoms with Crippen LogP contribution in [0.1, 0.15) is 26.7 Å². The van der Waals surface area contributed by atoms with Gasteiger partial charge in [-0.2, -0.15) is 5.10 Å². The van der Waals surface area contributed by atoms with E-state index < -0.39 is 0 Å². The minimum Gasteiger partial charge on any atom is -0.338 e. The highest BCUT2D eigenvalue weighted by molar-refractivity contribution is 5.76. The fourth-order valence-electron chi connectivity index (χ4n) is 2.58. The predicted molar refractivity (Wildman–Crippen MR) is 74.7 cm³/mol. The Kier molecular flexibility index (Phi) is 4.96. The van der Waals surface area contributed by atoms with E-state index in [2.05, 4.69) is 24.3 Å². The Morgan fingerprint density at radius 3 is 3.00 bits per heavy atom. The van der Waals surface area contributed by atoms with Gasteiger partial charge >= 0.3 is 0 Å². The number of nitrogens with zero attached hydrogens (tertiary/aromatic N) is 3. The normalized spacial score (nSPS) is 19.6. The van der Waals surface area contributed by atoms with Crippen molar-refractivity contribution >= 4 is 5.91 Å². The summed E-state index contributed by atoms with van der Waals surface area (Å²) in [4.78, 5) is 14.4. The standard InChI is InChI=1S/C14H24N4O/c1-12(2)18(10-13-5-3-6-15-9-13)14(19)11-17-8-4-7-16-17/h4,7-8,12-13,15H,3,5-6,9-11H2,1-2H3. The number of hydrogen-bond acceptors (Lipinski definition) is 3. The topological polar surface area (TPSA) is 50.2 Å². The third-order valence-corrected chi connectivity index (χ3v) is 3.65. The lowest BCUT2D eigenvalue weighted by molar-refractivity contribution is -0.134. The second-order valence-corrected chi connectivity index (χ2v) is 5.56. The molecule has 1 fully saturated rings. The molecule has 0 radical (unpaired) electrons. The molecule has 1 atom stereocenters. The van der Waals surface area contributed by atoms with Crippen LogP contribution in [-0.4, -0.2) is 46.3 Å². The first-order valence-corrected chi connectivity index (χ1v) is 7.14. The summed E-state index contributed by atoms with van der Waals surface area (Å²) in [5, 5.41) is 7.51. The maximum absolute atomic E-state index is 12.4. The Balaban J connectivity index is 1.92. The Morgan fingerprint density at radius 1 is 1.58 bits per heavy atom. The lowest BCUT2D eigenvalue weighted by Crippen LogP contribution is -2.45. The van der Waals surface area contributed by atoms with Gasteiger partial charge in [0.1, 0.15) is 6.54 Å². The van der Waals surface area contributed by atoms with E-state index in [1.165, 1.54) is 12.8 Å². The van der Waals surface area contributed by atoms with Crippen LogP contribution in [0.4, 0.5) is 0 Å². The molecule has 1 aromatic rings. The van der Waals surface area contributed by atoms with Crippen LogP contribution in [0, 0.1) is 5.92 Å². The molecule has 0 spiro atoms. The first kappa shape index (κ1) is 14.1. The van der Waals surface area contributed by atoms with Gasteiger partial charge in [-0.1, -0.05) is 0 Å². The van der Waals surface area contributed by atoms with Crippen LogP contribution >= 0.6 is 0 Å². The highest BCUT2D eigenvalue weighted by atomic mass is 16.2. The monoisotopic (exact) mass is 264 g/mol.